The van der Waals surface area contributed by atoms with Crippen molar-refractivity contribution in [3.8, 4) is 34.5 Å². The van der Waals surface area contributed by atoms with Crippen molar-refractivity contribution in [1.82, 2.24) is 24.1 Å². The molecule has 0 N–H and O–H groups in total. The van der Waals surface area contributed by atoms with Gasteiger partial charge in [0.1, 0.15) is 0 Å². The lowest BCUT2D eigenvalue weighted by molar-refractivity contribution is 0.401. The van der Waals surface area contributed by atoms with E-state index in [0.717, 1.165) is 33.4 Å². The molecule has 5 rings (SSSR count). The first-order valence-corrected chi connectivity index (χ1v) is 9.03. The maximum atomic E-state index is 9.12. The molecule has 140 valence electrons. The molecule has 0 saturated heterocycles. The molecule has 2 aromatic carbocycles. The number of hydrogen-bond donors (Lipinski definition) is 0. The largest absolute Gasteiger partial charge is 0.478 e. The molecule has 7 nitrogen and oxygen atoms in total. The predicted octanol–water partition coefficient (Wildman–Crippen LogP) is 3.83. The van der Waals surface area contributed by atoms with Crippen LogP contribution in [0.4, 0.5) is 0 Å². The van der Waals surface area contributed by atoms with Crippen molar-refractivity contribution in [2.75, 3.05) is 7.11 Å². The van der Waals surface area contributed by atoms with Crippen LogP contribution < -0.4 is 4.74 Å². The van der Waals surface area contributed by atoms with Crippen molar-refractivity contribution >= 4 is 16.6 Å². The van der Waals surface area contributed by atoms with E-state index in [2.05, 4.69) is 28.3 Å². The van der Waals surface area contributed by atoms with E-state index in [1.807, 2.05) is 46.7 Å². The van der Waals surface area contributed by atoms with Gasteiger partial charge in [-0.1, -0.05) is 18.2 Å². The Morgan fingerprint density at radius 1 is 1.07 bits per heavy atom. The van der Waals surface area contributed by atoms with Gasteiger partial charge < -0.3 is 4.74 Å². The summed E-state index contributed by atoms with van der Waals surface area (Å²) >= 11 is 0. The van der Waals surface area contributed by atoms with Crippen molar-refractivity contribution in [2.24, 2.45) is 7.05 Å². The summed E-state index contributed by atoms with van der Waals surface area (Å²) in [6.07, 6.45) is 5.48. The van der Waals surface area contributed by atoms with E-state index in [1.54, 1.807) is 25.4 Å². The van der Waals surface area contributed by atoms with Crippen LogP contribution in [0.15, 0.2) is 61.1 Å². The zero-order valence-electron chi connectivity index (χ0n) is 15.9. The molecule has 3 heterocycles. The number of aryl methyl sites for hydroxylation is 1. The molecule has 0 unspecified atom stereocenters. The van der Waals surface area contributed by atoms with E-state index >= 15 is 0 Å². The Labute approximate surface area is 166 Å². The molecule has 0 radical (unpaired) electrons. The second kappa shape index (κ2) is 6.46. The molecule has 0 aliphatic carbocycles. The number of rotatable bonds is 3. The molecule has 0 aliphatic heterocycles. The van der Waals surface area contributed by atoms with Crippen LogP contribution in [-0.2, 0) is 7.05 Å². The Balaban J connectivity index is 1.84. The summed E-state index contributed by atoms with van der Waals surface area (Å²) < 4.78 is 9.33. The Morgan fingerprint density at radius 2 is 1.86 bits per heavy atom. The third kappa shape index (κ3) is 2.62. The van der Waals surface area contributed by atoms with Gasteiger partial charge in [0.15, 0.2) is 0 Å². The van der Waals surface area contributed by atoms with Gasteiger partial charge in [0, 0.05) is 36.0 Å². The van der Waals surface area contributed by atoms with Crippen LogP contribution in [0.3, 0.4) is 0 Å². The van der Waals surface area contributed by atoms with E-state index in [-0.39, 0.29) is 0 Å². The average Bonchev–Trinajstić information content (AvgIpc) is 3.39. The Morgan fingerprint density at radius 3 is 2.62 bits per heavy atom. The zero-order chi connectivity index (χ0) is 20.0. The minimum absolute atomic E-state index is 0.445. The molecule has 0 atom stereocenters. The smallest absolute Gasteiger partial charge is 0.258 e. The summed E-state index contributed by atoms with van der Waals surface area (Å²) in [5, 5.41) is 14.5. The van der Waals surface area contributed by atoms with Crippen LogP contribution in [0.25, 0.3) is 39.1 Å². The minimum Gasteiger partial charge on any atom is -0.478 e. The van der Waals surface area contributed by atoms with E-state index < -0.39 is 0 Å². The first-order chi connectivity index (χ1) is 14.2. The molecule has 3 aromatic heterocycles. The molecular formula is C22H16N6O. The Hall–Kier alpha value is -4.18. The number of ether oxygens (including phenoxy) is 1. The first-order valence-electron chi connectivity index (χ1n) is 9.03. The highest BCUT2D eigenvalue weighted by Gasteiger charge is 2.19. The monoisotopic (exact) mass is 380 g/mol. The number of benzene rings is 2. The topological polar surface area (TPSA) is 81.0 Å². The third-order valence-electron chi connectivity index (χ3n) is 5.01. The molecule has 5 aromatic rings. The lowest BCUT2D eigenvalue weighted by Crippen LogP contribution is -2.02. The van der Waals surface area contributed by atoms with Crippen LogP contribution in [0, 0.1) is 11.3 Å². The molecular weight excluding hydrogens is 364 g/mol. The SMILES string of the molecule is COc1nc(-c2ccc(C#N)cc2)c(-c2ccc3c(cnn3C)c2)n2ccnc12. The third-order valence-corrected chi connectivity index (χ3v) is 5.01. The molecule has 0 fully saturated rings. The van der Waals surface area contributed by atoms with Crippen LogP contribution >= 0.6 is 0 Å². The highest BCUT2D eigenvalue weighted by molar-refractivity contribution is 5.88. The van der Waals surface area contributed by atoms with Crippen molar-refractivity contribution in [1.29, 1.82) is 5.26 Å². The van der Waals surface area contributed by atoms with Gasteiger partial charge in [-0.2, -0.15) is 10.4 Å². The zero-order valence-corrected chi connectivity index (χ0v) is 15.9. The maximum Gasteiger partial charge on any atom is 0.258 e. The summed E-state index contributed by atoms with van der Waals surface area (Å²) in [5.41, 5.74) is 5.82. The van der Waals surface area contributed by atoms with Crippen molar-refractivity contribution in [3.63, 3.8) is 0 Å². The Kier molecular flexibility index (Phi) is 3.78. The fourth-order valence-corrected chi connectivity index (χ4v) is 3.59. The van der Waals surface area contributed by atoms with Crippen molar-refractivity contribution < 1.29 is 4.74 Å². The number of nitrogens with zero attached hydrogens (tertiary/aromatic N) is 6. The number of imidazole rings is 1. The Bertz CT molecular complexity index is 1410. The van der Waals surface area contributed by atoms with E-state index in [9.17, 15) is 0 Å². The van der Waals surface area contributed by atoms with Crippen LogP contribution in [0.1, 0.15) is 5.56 Å². The number of hydrogen-bond acceptors (Lipinski definition) is 5. The molecule has 0 amide bonds. The van der Waals surface area contributed by atoms with E-state index in [1.165, 1.54) is 0 Å². The fraction of sp³-hybridized carbons (Fsp3) is 0.0909. The lowest BCUT2D eigenvalue weighted by atomic mass is 10.0. The van der Waals surface area contributed by atoms with Crippen molar-refractivity contribution in [3.05, 3.63) is 66.6 Å². The standard InChI is InChI=1S/C22H16N6O/c1-27-18-8-7-16(11-17(18)13-25-27)20-19(15-5-3-14(12-23)4-6-15)26-22(29-2)21-24-9-10-28(20)21/h3-11,13H,1-2H3. The summed E-state index contributed by atoms with van der Waals surface area (Å²) in [4.78, 5) is 9.19. The number of aromatic nitrogens is 5. The number of fused-ring (bicyclic) bond motifs is 2. The van der Waals surface area contributed by atoms with Gasteiger partial charge in [0.2, 0.25) is 5.65 Å². The van der Waals surface area contributed by atoms with Gasteiger partial charge >= 0.3 is 0 Å². The number of nitriles is 1. The molecule has 0 bridgehead atoms. The predicted molar refractivity (Wildman–Crippen MR) is 109 cm³/mol. The molecule has 0 spiro atoms. The summed E-state index contributed by atoms with van der Waals surface area (Å²) in [7, 11) is 3.51. The van der Waals surface area contributed by atoms with Gasteiger partial charge in [-0.25, -0.2) is 9.97 Å². The van der Waals surface area contributed by atoms with Gasteiger partial charge in [0.05, 0.1) is 41.8 Å². The highest BCUT2D eigenvalue weighted by Crippen LogP contribution is 2.35. The van der Waals surface area contributed by atoms with Gasteiger partial charge in [0.25, 0.3) is 5.88 Å². The van der Waals surface area contributed by atoms with Gasteiger partial charge in [-0.15, -0.1) is 0 Å². The summed E-state index contributed by atoms with van der Waals surface area (Å²) in [6, 6.07) is 15.7. The first kappa shape index (κ1) is 17.0. The summed E-state index contributed by atoms with van der Waals surface area (Å²) in [6.45, 7) is 0. The van der Waals surface area contributed by atoms with Gasteiger partial charge in [-0.05, 0) is 24.3 Å². The van der Waals surface area contributed by atoms with Crippen LogP contribution in [0.5, 0.6) is 5.88 Å². The molecule has 0 aliphatic rings. The second-order valence-corrected chi connectivity index (χ2v) is 6.67. The highest BCUT2D eigenvalue weighted by atomic mass is 16.5. The number of methoxy groups -OCH3 is 1. The second-order valence-electron chi connectivity index (χ2n) is 6.67. The van der Waals surface area contributed by atoms with Gasteiger partial charge in [-0.3, -0.25) is 9.08 Å². The average molecular weight is 380 g/mol. The normalized spacial score (nSPS) is 11.1. The van der Waals surface area contributed by atoms with Crippen molar-refractivity contribution in [2.45, 2.75) is 0 Å². The van der Waals surface area contributed by atoms with Crippen LogP contribution in [0.2, 0.25) is 0 Å². The minimum atomic E-state index is 0.445. The quantitative estimate of drug-likeness (QED) is 0.475. The van der Waals surface area contributed by atoms with Crippen LogP contribution in [-0.4, -0.2) is 31.3 Å². The molecule has 7 heteroatoms. The fourth-order valence-electron chi connectivity index (χ4n) is 3.59. The maximum absolute atomic E-state index is 9.12. The molecule has 29 heavy (non-hydrogen) atoms. The van der Waals surface area contributed by atoms with E-state index in [0.29, 0.717) is 17.1 Å². The lowest BCUT2D eigenvalue weighted by Gasteiger charge is -2.14. The van der Waals surface area contributed by atoms with E-state index in [4.69, 9.17) is 15.0 Å². The molecule has 0 saturated carbocycles. The summed E-state index contributed by atoms with van der Waals surface area (Å²) in [5.74, 6) is 0.445.